The lowest BCUT2D eigenvalue weighted by Gasteiger charge is -2.08. The zero-order valence-corrected chi connectivity index (χ0v) is 12.5. The minimum Gasteiger partial charge on any atom is -0.481 e. The first-order valence-corrected chi connectivity index (χ1v) is 7.10. The Morgan fingerprint density at radius 3 is 2.50 bits per heavy atom. The summed E-state index contributed by atoms with van der Waals surface area (Å²) in [5.41, 5.74) is 8.94. The van der Waals surface area contributed by atoms with E-state index < -0.39 is 0 Å². The van der Waals surface area contributed by atoms with Gasteiger partial charge in [-0.3, -0.25) is 0 Å². The predicted molar refractivity (Wildman–Crippen MR) is 81.6 cm³/mol. The van der Waals surface area contributed by atoms with Crippen LogP contribution in [0.2, 0.25) is 0 Å². The minimum atomic E-state index is 0.363. The maximum atomic E-state index is 5.64. The summed E-state index contributed by atoms with van der Waals surface area (Å²) in [4.78, 5) is 0. The molecule has 4 heteroatoms. The highest BCUT2D eigenvalue weighted by atomic mass is 16.5. The van der Waals surface area contributed by atoms with Crippen LogP contribution in [-0.2, 0) is 6.42 Å². The summed E-state index contributed by atoms with van der Waals surface area (Å²) < 4.78 is 7.51. The van der Waals surface area contributed by atoms with Crippen LogP contribution >= 0.6 is 0 Å². The van der Waals surface area contributed by atoms with Gasteiger partial charge in [-0.1, -0.05) is 32.0 Å². The number of methoxy groups -OCH3 is 1. The third-order valence-electron chi connectivity index (χ3n) is 3.34. The van der Waals surface area contributed by atoms with Gasteiger partial charge in [-0.2, -0.15) is 5.10 Å². The van der Waals surface area contributed by atoms with Crippen molar-refractivity contribution in [1.29, 1.82) is 0 Å². The fourth-order valence-corrected chi connectivity index (χ4v) is 2.38. The third kappa shape index (κ3) is 2.85. The summed E-state index contributed by atoms with van der Waals surface area (Å²) in [7, 11) is 1.70. The van der Waals surface area contributed by atoms with Gasteiger partial charge < -0.3 is 10.5 Å². The van der Waals surface area contributed by atoms with Gasteiger partial charge in [-0.25, -0.2) is 4.68 Å². The molecule has 2 rings (SSSR count). The quantitative estimate of drug-likeness (QED) is 0.880. The van der Waals surface area contributed by atoms with Crippen LogP contribution in [0.4, 0.5) is 0 Å². The molecule has 2 N–H and O–H groups in total. The Balaban J connectivity index is 2.52. The number of rotatable bonds is 6. The van der Waals surface area contributed by atoms with E-state index in [1.54, 1.807) is 7.11 Å². The average Bonchev–Trinajstić information content (AvgIpc) is 2.84. The largest absolute Gasteiger partial charge is 0.481 e. The molecular weight excluding hydrogens is 250 g/mol. The number of hydrogen-bond acceptors (Lipinski definition) is 3. The van der Waals surface area contributed by atoms with Crippen LogP contribution in [0.3, 0.4) is 0 Å². The summed E-state index contributed by atoms with van der Waals surface area (Å²) in [6, 6.07) is 10.1. The van der Waals surface area contributed by atoms with Crippen LogP contribution in [0, 0.1) is 0 Å². The Morgan fingerprint density at radius 1 is 1.25 bits per heavy atom. The molecule has 0 bridgehead atoms. The molecule has 108 valence electrons. The Morgan fingerprint density at radius 2 is 1.95 bits per heavy atom. The van der Waals surface area contributed by atoms with Crippen LogP contribution in [0.15, 0.2) is 30.3 Å². The molecule has 0 amide bonds. The second-order valence-corrected chi connectivity index (χ2v) is 5.17. The first-order valence-electron chi connectivity index (χ1n) is 7.10. The number of nitrogens with two attached hydrogens (primary N) is 1. The maximum absolute atomic E-state index is 5.64. The first kappa shape index (κ1) is 14.6. The number of para-hydroxylation sites is 1. The van der Waals surface area contributed by atoms with Gasteiger partial charge in [0.1, 0.15) is 0 Å². The molecule has 1 heterocycles. The summed E-state index contributed by atoms with van der Waals surface area (Å²) >= 11 is 0. The molecule has 4 nitrogen and oxygen atoms in total. The number of nitrogens with zero attached hydrogens (tertiary/aromatic N) is 2. The van der Waals surface area contributed by atoms with E-state index in [1.807, 2.05) is 35.0 Å². The molecule has 0 spiro atoms. The Bertz CT molecular complexity index is 546. The lowest BCUT2D eigenvalue weighted by molar-refractivity contribution is 0.379. The fourth-order valence-electron chi connectivity index (χ4n) is 2.38. The van der Waals surface area contributed by atoms with Crippen molar-refractivity contribution in [2.75, 3.05) is 13.7 Å². The van der Waals surface area contributed by atoms with Crippen molar-refractivity contribution in [1.82, 2.24) is 9.78 Å². The first-order chi connectivity index (χ1) is 9.69. The molecule has 0 aliphatic heterocycles. The average molecular weight is 273 g/mol. The molecule has 0 saturated carbocycles. The summed E-state index contributed by atoms with van der Waals surface area (Å²) in [5, 5.41) is 4.75. The van der Waals surface area contributed by atoms with E-state index in [0.29, 0.717) is 12.5 Å². The minimum absolute atomic E-state index is 0.363. The topological polar surface area (TPSA) is 53.1 Å². The fraction of sp³-hybridized carbons (Fsp3) is 0.438. The van der Waals surface area contributed by atoms with Crippen LogP contribution in [0.5, 0.6) is 5.88 Å². The molecule has 0 fully saturated rings. The Labute approximate surface area is 120 Å². The summed E-state index contributed by atoms with van der Waals surface area (Å²) in [5.74, 6) is 1.19. The van der Waals surface area contributed by atoms with E-state index in [4.69, 9.17) is 15.6 Å². The molecule has 0 saturated heterocycles. The van der Waals surface area contributed by atoms with E-state index >= 15 is 0 Å². The number of hydrogen-bond donors (Lipinski definition) is 1. The van der Waals surface area contributed by atoms with Crippen molar-refractivity contribution in [2.24, 2.45) is 5.73 Å². The lowest BCUT2D eigenvalue weighted by atomic mass is 10.0. The lowest BCUT2D eigenvalue weighted by Crippen LogP contribution is -2.03. The zero-order valence-electron chi connectivity index (χ0n) is 12.5. The van der Waals surface area contributed by atoms with Gasteiger partial charge in [-0.15, -0.1) is 0 Å². The highest BCUT2D eigenvalue weighted by Gasteiger charge is 2.21. The molecule has 1 aromatic carbocycles. The summed E-state index contributed by atoms with van der Waals surface area (Å²) in [6.07, 6.45) is 1.84. The third-order valence-corrected chi connectivity index (χ3v) is 3.34. The van der Waals surface area contributed by atoms with Crippen LogP contribution in [0.1, 0.15) is 37.4 Å². The van der Waals surface area contributed by atoms with E-state index in [0.717, 1.165) is 30.1 Å². The van der Waals surface area contributed by atoms with Gasteiger partial charge in [0.05, 0.1) is 18.5 Å². The second-order valence-electron chi connectivity index (χ2n) is 5.17. The van der Waals surface area contributed by atoms with Crippen LogP contribution < -0.4 is 10.5 Å². The van der Waals surface area contributed by atoms with Crippen molar-refractivity contribution < 1.29 is 4.74 Å². The molecule has 20 heavy (non-hydrogen) atoms. The van der Waals surface area contributed by atoms with Crippen LogP contribution in [0.25, 0.3) is 5.69 Å². The number of ether oxygens (including phenoxy) is 1. The second kappa shape index (κ2) is 6.57. The highest BCUT2D eigenvalue weighted by Crippen LogP contribution is 2.31. The van der Waals surface area contributed by atoms with Crippen molar-refractivity contribution >= 4 is 0 Å². The monoisotopic (exact) mass is 273 g/mol. The molecule has 0 radical (unpaired) electrons. The van der Waals surface area contributed by atoms with Crippen molar-refractivity contribution in [2.45, 2.75) is 32.6 Å². The Hall–Kier alpha value is -1.81. The van der Waals surface area contributed by atoms with Gasteiger partial charge in [0.25, 0.3) is 0 Å². The predicted octanol–water partition coefficient (Wildman–Crippen LogP) is 2.90. The van der Waals surface area contributed by atoms with E-state index in [-0.39, 0.29) is 0 Å². The molecule has 0 unspecified atom stereocenters. The number of benzene rings is 1. The van der Waals surface area contributed by atoms with Gasteiger partial charge in [0.15, 0.2) is 0 Å². The standard InChI is InChI=1S/C16H23N3O/c1-12(2)15-14(10-7-11-17)16(20-3)19(18-15)13-8-5-4-6-9-13/h4-6,8-9,12H,7,10-11,17H2,1-3H3. The molecule has 1 aromatic heterocycles. The van der Waals surface area contributed by atoms with E-state index in [9.17, 15) is 0 Å². The molecular formula is C16H23N3O. The smallest absolute Gasteiger partial charge is 0.219 e. The molecule has 0 aliphatic carbocycles. The van der Waals surface area contributed by atoms with Crippen LogP contribution in [-0.4, -0.2) is 23.4 Å². The van der Waals surface area contributed by atoms with Crippen molar-refractivity contribution in [3.05, 3.63) is 41.6 Å². The van der Waals surface area contributed by atoms with Gasteiger partial charge >= 0.3 is 0 Å². The normalized spacial score (nSPS) is 11.1. The van der Waals surface area contributed by atoms with Crippen molar-refractivity contribution in [3.8, 4) is 11.6 Å². The summed E-state index contributed by atoms with van der Waals surface area (Å²) in [6.45, 7) is 4.99. The highest BCUT2D eigenvalue weighted by molar-refractivity contribution is 5.42. The molecule has 2 aromatic rings. The molecule has 0 atom stereocenters. The molecule has 0 aliphatic rings. The van der Waals surface area contributed by atoms with Gasteiger partial charge in [0.2, 0.25) is 5.88 Å². The van der Waals surface area contributed by atoms with Crippen molar-refractivity contribution in [3.63, 3.8) is 0 Å². The van der Waals surface area contributed by atoms with E-state index in [2.05, 4.69) is 13.8 Å². The number of aromatic nitrogens is 2. The maximum Gasteiger partial charge on any atom is 0.219 e. The van der Waals surface area contributed by atoms with E-state index in [1.165, 1.54) is 5.56 Å². The van der Waals surface area contributed by atoms with Gasteiger partial charge in [0, 0.05) is 5.56 Å². The Kier molecular flexibility index (Phi) is 4.79. The van der Waals surface area contributed by atoms with Gasteiger partial charge in [-0.05, 0) is 37.4 Å². The zero-order chi connectivity index (χ0) is 14.5. The SMILES string of the molecule is COc1c(CCCN)c(C(C)C)nn1-c1ccccc1.